The van der Waals surface area contributed by atoms with Crippen LogP contribution in [0.5, 0.6) is 0 Å². The maximum Gasteiger partial charge on any atom is 0.253 e. The molecule has 2 aliphatic heterocycles. The molecule has 1 N–H and O–H groups in total. The van der Waals surface area contributed by atoms with Crippen LogP contribution in [0.2, 0.25) is 10.0 Å². The van der Waals surface area contributed by atoms with Crippen molar-refractivity contribution in [2.45, 2.75) is 25.7 Å². The van der Waals surface area contributed by atoms with Gasteiger partial charge in [-0.3, -0.25) is 14.6 Å². The van der Waals surface area contributed by atoms with Crippen LogP contribution in [0.15, 0.2) is 60.8 Å². The number of nitrogens with one attached hydrogen (secondary N) is 1. The van der Waals surface area contributed by atoms with Crippen LogP contribution in [0.25, 0.3) is 0 Å². The first kappa shape index (κ1) is 24.6. The van der Waals surface area contributed by atoms with Gasteiger partial charge < -0.3 is 15.1 Å². The highest BCUT2D eigenvalue weighted by Crippen LogP contribution is 2.31. The summed E-state index contributed by atoms with van der Waals surface area (Å²) in [7, 11) is 0. The molecule has 2 saturated heterocycles. The molecule has 36 heavy (non-hydrogen) atoms. The lowest BCUT2D eigenvalue weighted by Gasteiger charge is -2.40. The summed E-state index contributed by atoms with van der Waals surface area (Å²) in [6.07, 6.45) is 3.56. The fraction of sp³-hybridized carbons (Fsp3) is 0.321. The van der Waals surface area contributed by atoms with Crippen molar-refractivity contribution in [3.63, 3.8) is 0 Å². The van der Waals surface area contributed by atoms with Gasteiger partial charge >= 0.3 is 0 Å². The lowest BCUT2D eigenvalue weighted by atomic mass is 9.89. The number of benzene rings is 2. The number of likely N-dealkylation sites (tertiary alicyclic amines) is 1. The topological polar surface area (TPSA) is 65.5 Å². The molecule has 5 rings (SSSR count). The predicted octanol–water partition coefficient (Wildman–Crippen LogP) is 5.79. The number of aromatic nitrogens is 1. The highest BCUT2D eigenvalue weighted by Gasteiger charge is 2.33. The maximum atomic E-state index is 12.9. The van der Waals surface area contributed by atoms with E-state index in [-0.39, 0.29) is 17.7 Å². The molecule has 0 saturated carbocycles. The first-order chi connectivity index (χ1) is 17.4. The largest absolute Gasteiger partial charge is 0.368 e. The molecule has 0 aliphatic carbocycles. The van der Waals surface area contributed by atoms with E-state index >= 15 is 0 Å². The van der Waals surface area contributed by atoms with Gasteiger partial charge in [-0.2, -0.15) is 0 Å². The number of aryl methyl sites for hydroxylation is 1. The molecule has 3 aromatic rings. The number of hydrogen-bond acceptors (Lipinski definition) is 4. The third kappa shape index (κ3) is 5.35. The van der Waals surface area contributed by atoms with E-state index in [1.807, 2.05) is 36.1 Å². The minimum Gasteiger partial charge on any atom is -0.368 e. The number of amides is 2. The SMILES string of the molecule is Cc1ncccc1N1CC(C(=O)Nc2ccc(C3CCN(C(=O)c4cc(Cl)cc(Cl)c4)CC3)cc2)C1. The number of hydrogen-bond donors (Lipinski definition) is 1. The van der Waals surface area contributed by atoms with Crippen molar-refractivity contribution < 1.29 is 9.59 Å². The minimum atomic E-state index is -0.0378. The fourth-order valence-electron chi connectivity index (χ4n) is 5.01. The Morgan fingerprint density at radius 3 is 2.28 bits per heavy atom. The number of pyridine rings is 1. The van der Waals surface area contributed by atoms with Gasteiger partial charge in [-0.15, -0.1) is 0 Å². The zero-order valence-electron chi connectivity index (χ0n) is 20.1. The number of carbonyl (C=O) groups is 2. The Labute approximate surface area is 221 Å². The van der Waals surface area contributed by atoms with Gasteiger partial charge in [0.1, 0.15) is 0 Å². The molecule has 2 fully saturated rings. The zero-order valence-corrected chi connectivity index (χ0v) is 21.6. The molecule has 0 atom stereocenters. The van der Waals surface area contributed by atoms with E-state index in [0.29, 0.717) is 47.7 Å². The molecule has 0 bridgehead atoms. The second-order valence-electron chi connectivity index (χ2n) is 9.55. The summed E-state index contributed by atoms with van der Waals surface area (Å²) in [5.74, 6) is 0.364. The second kappa shape index (κ2) is 10.5. The summed E-state index contributed by atoms with van der Waals surface area (Å²) in [6.45, 7) is 4.76. The standard InChI is InChI=1S/C28H28Cl2N4O2/c1-18-26(3-2-10-31-18)34-16-22(17-34)27(35)32-25-6-4-19(5-7-25)20-8-11-33(12-9-20)28(36)21-13-23(29)15-24(30)14-21/h2-7,10,13-15,20,22H,8-9,11-12,16-17H2,1H3,(H,32,35). The van der Waals surface area contributed by atoms with Crippen LogP contribution in [0, 0.1) is 12.8 Å². The third-order valence-corrected chi connectivity index (χ3v) is 7.55. The molecule has 1 aromatic heterocycles. The van der Waals surface area contributed by atoms with E-state index < -0.39 is 0 Å². The number of carbonyl (C=O) groups excluding carboxylic acids is 2. The average Bonchev–Trinajstić information content (AvgIpc) is 2.84. The van der Waals surface area contributed by atoms with Crippen LogP contribution in [0.3, 0.4) is 0 Å². The molecule has 2 amide bonds. The van der Waals surface area contributed by atoms with Crippen LogP contribution < -0.4 is 10.2 Å². The summed E-state index contributed by atoms with van der Waals surface area (Å²) < 4.78 is 0. The summed E-state index contributed by atoms with van der Waals surface area (Å²) in [6, 6.07) is 17.0. The van der Waals surface area contributed by atoms with E-state index in [9.17, 15) is 9.59 Å². The molecule has 0 radical (unpaired) electrons. The zero-order chi connectivity index (χ0) is 25.2. The quantitative estimate of drug-likeness (QED) is 0.460. The Hall–Kier alpha value is -3.09. The fourth-order valence-corrected chi connectivity index (χ4v) is 5.54. The number of nitrogens with zero attached hydrogens (tertiary/aromatic N) is 3. The molecule has 2 aromatic carbocycles. The van der Waals surface area contributed by atoms with Crippen molar-refractivity contribution in [3.05, 3.63) is 87.7 Å². The molecule has 3 heterocycles. The van der Waals surface area contributed by atoms with E-state index in [1.54, 1.807) is 24.4 Å². The van der Waals surface area contributed by atoms with Gasteiger partial charge in [0.2, 0.25) is 5.91 Å². The third-order valence-electron chi connectivity index (χ3n) is 7.11. The number of piperidine rings is 1. The van der Waals surface area contributed by atoms with Crippen LogP contribution in [0.4, 0.5) is 11.4 Å². The lowest BCUT2D eigenvalue weighted by molar-refractivity contribution is -0.120. The van der Waals surface area contributed by atoms with Crippen molar-refractivity contribution in [3.8, 4) is 0 Å². The number of rotatable bonds is 5. The molecule has 6 nitrogen and oxygen atoms in total. The molecule has 2 aliphatic rings. The Morgan fingerprint density at radius 2 is 1.64 bits per heavy atom. The summed E-state index contributed by atoms with van der Waals surface area (Å²) in [5, 5.41) is 3.98. The van der Waals surface area contributed by atoms with Gasteiger partial charge in [-0.1, -0.05) is 35.3 Å². The van der Waals surface area contributed by atoms with Crippen LogP contribution in [-0.2, 0) is 4.79 Å². The summed E-state index contributed by atoms with van der Waals surface area (Å²) in [4.78, 5) is 33.9. The Kier molecular flexibility index (Phi) is 7.17. The first-order valence-electron chi connectivity index (χ1n) is 12.2. The summed E-state index contributed by atoms with van der Waals surface area (Å²) in [5.41, 5.74) is 4.64. The van der Waals surface area contributed by atoms with Gasteiger partial charge in [0.05, 0.1) is 17.3 Å². The Balaban J connectivity index is 1.11. The molecule has 0 spiro atoms. The Morgan fingerprint density at radius 1 is 0.972 bits per heavy atom. The van der Waals surface area contributed by atoms with Gasteiger partial charge in [-0.05, 0) is 73.7 Å². The molecule has 0 unspecified atom stereocenters. The van der Waals surface area contributed by atoms with Gasteiger partial charge in [-0.25, -0.2) is 0 Å². The predicted molar refractivity (Wildman–Crippen MR) is 144 cm³/mol. The molecular weight excluding hydrogens is 495 g/mol. The molecular formula is C28H28Cl2N4O2. The number of anilines is 2. The molecule has 186 valence electrons. The highest BCUT2D eigenvalue weighted by molar-refractivity contribution is 6.35. The Bertz CT molecular complexity index is 1250. The highest BCUT2D eigenvalue weighted by atomic mass is 35.5. The van der Waals surface area contributed by atoms with E-state index in [2.05, 4.69) is 27.3 Å². The monoisotopic (exact) mass is 522 g/mol. The van der Waals surface area contributed by atoms with Crippen LogP contribution >= 0.6 is 23.2 Å². The van der Waals surface area contributed by atoms with Crippen molar-refractivity contribution in [1.29, 1.82) is 0 Å². The van der Waals surface area contributed by atoms with Gasteiger partial charge in [0.25, 0.3) is 5.91 Å². The van der Waals surface area contributed by atoms with Gasteiger partial charge in [0, 0.05) is 53.7 Å². The molecule has 8 heteroatoms. The summed E-state index contributed by atoms with van der Waals surface area (Å²) >= 11 is 12.1. The van der Waals surface area contributed by atoms with E-state index in [0.717, 1.165) is 29.9 Å². The second-order valence-corrected chi connectivity index (χ2v) is 10.4. The van der Waals surface area contributed by atoms with E-state index in [1.165, 1.54) is 5.56 Å². The van der Waals surface area contributed by atoms with Crippen molar-refractivity contribution in [2.24, 2.45) is 5.92 Å². The normalized spacial score (nSPS) is 16.5. The van der Waals surface area contributed by atoms with Crippen LogP contribution in [0.1, 0.15) is 40.4 Å². The lowest BCUT2D eigenvalue weighted by Crippen LogP contribution is -2.52. The van der Waals surface area contributed by atoms with Crippen LogP contribution in [-0.4, -0.2) is 47.9 Å². The van der Waals surface area contributed by atoms with Crippen molar-refractivity contribution in [2.75, 3.05) is 36.4 Å². The van der Waals surface area contributed by atoms with Crippen molar-refractivity contribution in [1.82, 2.24) is 9.88 Å². The smallest absolute Gasteiger partial charge is 0.253 e. The first-order valence-corrected chi connectivity index (χ1v) is 13.0. The number of halogens is 2. The van der Waals surface area contributed by atoms with Gasteiger partial charge in [0.15, 0.2) is 0 Å². The van der Waals surface area contributed by atoms with Crippen molar-refractivity contribution >= 4 is 46.4 Å². The maximum absolute atomic E-state index is 12.9. The average molecular weight is 523 g/mol. The minimum absolute atomic E-state index is 0.0273. The van der Waals surface area contributed by atoms with E-state index in [4.69, 9.17) is 23.2 Å².